The first-order valence-corrected chi connectivity index (χ1v) is 10.9. The number of carbonyl (C=O) groups excluding carboxylic acids is 1. The summed E-state index contributed by atoms with van der Waals surface area (Å²) >= 11 is 0. The van der Waals surface area contributed by atoms with Crippen molar-refractivity contribution in [3.05, 3.63) is 66.7 Å². The predicted octanol–water partition coefficient (Wildman–Crippen LogP) is 3.77. The third-order valence-corrected chi connectivity index (χ3v) is 6.80. The number of nitrogens with zero attached hydrogens (tertiary/aromatic N) is 2. The van der Waals surface area contributed by atoms with Crippen LogP contribution in [0.4, 0.5) is 5.69 Å². The third-order valence-electron chi connectivity index (χ3n) is 4.91. The average molecular weight is 411 g/mol. The largest absolute Gasteiger partial charge is 0.444 e. The lowest BCUT2D eigenvalue weighted by atomic mass is 10.1. The molecule has 0 spiro atoms. The van der Waals surface area contributed by atoms with Gasteiger partial charge >= 0.3 is 0 Å². The number of oxazole rings is 1. The van der Waals surface area contributed by atoms with Gasteiger partial charge in [-0.3, -0.25) is 4.79 Å². The standard InChI is InChI=1S/C21H21N3O4S/c25-21(17-9-7-16(8-10-17)20-14-22-15-28-20)23-18-5-4-6-19(13-18)29(26,27)24-11-2-1-3-12-24/h4-10,13-15H,1-3,11-12H2,(H,23,25). The van der Waals surface area contributed by atoms with Gasteiger partial charge in [0.25, 0.3) is 5.91 Å². The summed E-state index contributed by atoms with van der Waals surface area (Å²) in [4.78, 5) is 16.6. The Kier molecular flexibility index (Phi) is 5.46. The number of hydrogen-bond donors (Lipinski definition) is 1. The van der Waals surface area contributed by atoms with E-state index >= 15 is 0 Å². The van der Waals surface area contributed by atoms with Gasteiger partial charge in [0.15, 0.2) is 12.2 Å². The normalized spacial score (nSPS) is 15.2. The van der Waals surface area contributed by atoms with Gasteiger partial charge < -0.3 is 9.73 Å². The van der Waals surface area contributed by atoms with Crippen molar-refractivity contribution in [3.8, 4) is 11.3 Å². The monoisotopic (exact) mass is 411 g/mol. The van der Waals surface area contributed by atoms with E-state index < -0.39 is 10.0 Å². The summed E-state index contributed by atoms with van der Waals surface area (Å²) in [5.41, 5.74) is 1.71. The van der Waals surface area contributed by atoms with Crippen LogP contribution < -0.4 is 5.32 Å². The van der Waals surface area contributed by atoms with Crippen LogP contribution in [0.3, 0.4) is 0 Å². The quantitative estimate of drug-likeness (QED) is 0.690. The Morgan fingerprint density at radius 3 is 2.48 bits per heavy atom. The Hall–Kier alpha value is -2.97. The van der Waals surface area contributed by atoms with E-state index in [4.69, 9.17) is 4.42 Å². The molecule has 150 valence electrons. The second-order valence-corrected chi connectivity index (χ2v) is 8.83. The summed E-state index contributed by atoms with van der Waals surface area (Å²) < 4.78 is 32.4. The maximum absolute atomic E-state index is 12.8. The van der Waals surface area contributed by atoms with Gasteiger partial charge in [-0.15, -0.1) is 0 Å². The predicted molar refractivity (Wildman–Crippen MR) is 109 cm³/mol. The number of nitrogens with one attached hydrogen (secondary N) is 1. The molecule has 29 heavy (non-hydrogen) atoms. The van der Waals surface area contributed by atoms with Crippen molar-refractivity contribution < 1.29 is 17.6 Å². The van der Waals surface area contributed by atoms with Gasteiger partial charge in [0.1, 0.15) is 0 Å². The zero-order valence-corrected chi connectivity index (χ0v) is 16.6. The highest BCUT2D eigenvalue weighted by Crippen LogP contribution is 2.24. The molecule has 1 aliphatic heterocycles. The van der Waals surface area contributed by atoms with Crippen LogP contribution in [0.15, 0.2) is 70.4 Å². The van der Waals surface area contributed by atoms with Crippen LogP contribution in [0, 0.1) is 0 Å². The minimum absolute atomic E-state index is 0.192. The van der Waals surface area contributed by atoms with E-state index in [-0.39, 0.29) is 10.8 Å². The van der Waals surface area contributed by atoms with Crippen LogP contribution in [0.5, 0.6) is 0 Å². The lowest BCUT2D eigenvalue weighted by molar-refractivity contribution is 0.102. The molecule has 1 N–H and O–H groups in total. The molecule has 1 amide bonds. The fourth-order valence-electron chi connectivity index (χ4n) is 3.34. The van der Waals surface area contributed by atoms with Crippen LogP contribution in [-0.2, 0) is 10.0 Å². The van der Waals surface area contributed by atoms with Gasteiger partial charge in [-0.25, -0.2) is 13.4 Å². The number of hydrogen-bond acceptors (Lipinski definition) is 5. The lowest BCUT2D eigenvalue weighted by Gasteiger charge is -2.26. The first-order valence-electron chi connectivity index (χ1n) is 9.44. The Labute approximate surface area is 169 Å². The molecule has 0 saturated carbocycles. The maximum Gasteiger partial charge on any atom is 0.255 e. The lowest BCUT2D eigenvalue weighted by Crippen LogP contribution is -2.35. The number of carbonyl (C=O) groups is 1. The minimum atomic E-state index is -3.55. The molecular weight excluding hydrogens is 390 g/mol. The molecule has 1 aromatic heterocycles. The zero-order valence-electron chi connectivity index (χ0n) is 15.7. The number of piperidine rings is 1. The summed E-state index contributed by atoms with van der Waals surface area (Å²) in [7, 11) is -3.55. The second kappa shape index (κ2) is 8.18. The maximum atomic E-state index is 12.8. The highest BCUT2D eigenvalue weighted by Gasteiger charge is 2.26. The molecular formula is C21H21N3O4S. The van der Waals surface area contributed by atoms with Crippen molar-refractivity contribution in [1.82, 2.24) is 9.29 Å². The molecule has 0 aliphatic carbocycles. The van der Waals surface area contributed by atoms with Crippen molar-refractivity contribution in [2.24, 2.45) is 0 Å². The van der Waals surface area contributed by atoms with Crippen molar-refractivity contribution in [2.45, 2.75) is 24.2 Å². The van der Waals surface area contributed by atoms with E-state index in [1.807, 2.05) is 0 Å². The number of anilines is 1. The summed E-state index contributed by atoms with van der Waals surface area (Å²) in [6.07, 6.45) is 5.75. The second-order valence-electron chi connectivity index (χ2n) is 6.89. The van der Waals surface area contributed by atoms with Gasteiger partial charge in [0, 0.05) is 29.9 Å². The molecule has 4 rings (SSSR count). The third kappa shape index (κ3) is 4.23. The summed E-state index contributed by atoms with van der Waals surface area (Å²) in [6.45, 7) is 1.08. The van der Waals surface area contributed by atoms with E-state index in [0.717, 1.165) is 24.8 Å². The van der Waals surface area contributed by atoms with E-state index in [0.29, 0.717) is 30.1 Å². The van der Waals surface area contributed by atoms with Crippen molar-refractivity contribution >= 4 is 21.6 Å². The number of aromatic nitrogens is 1. The summed E-state index contributed by atoms with van der Waals surface area (Å²) in [5, 5.41) is 2.77. The molecule has 2 aromatic carbocycles. The van der Waals surface area contributed by atoms with Crippen molar-refractivity contribution in [2.75, 3.05) is 18.4 Å². The topological polar surface area (TPSA) is 92.5 Å². The first-order chi connectivity index (χ1) is 14.0. The number of amides is 1. The van der Waals surface area contributed by atoms with Crippen LogP contribution in [0.25, 0.3) is 11.3 Å². The molecule has 8 heteroatoms. The van der Waals surface area contributed by atoms with E-state index in [9.17, 15) is 13.2 Å². The Balaban J connectivity index is 1.49. The van der Waals surface area contributed by atoms with Gasteiger partial charge in [-0.2, -0.15) is 4.31 Å². The van der Waals surface area contributed by atoms with Crippen LogP contribution in [-0.4, -0.2) is 36.7 Å². The van der Waals surface area contributed by atoms with Crippen molar-refractivity contribution in [1.29, 1.82) is 0 Å². The minimum Gasteiger partial charge on any atom is -0.444 e. The molecule has 0 radical (unpaired) electrons. The first kappa shape index (κ1) is 19.4. The highest BCUT2D eigenvalue weighted by atomic mass is 32.2. The Bertz CT molecular complexity index is 1090. The molecule has 1 fully saturated rings. The Morgan fingerprint density at radius 1 is 1.03 bits per heavy atom. The van der Waals surface area contributed by atoms with Gasteiger partial charge in [0.2, 0.25) is 10.0 Å². The van der Waals surface area contributed by atoms with Crippen LogP contribution in [0.1, 0.15) is 29.6 Å². The fourth-order valence-corrected chi connectivity index (χ4v) is 4.90. The molecule has 1 aliphatic rings. The fraction of sp³-hybridized carbons (Fsp3) is 0.238. The number of rotatable bonds is 5. The molecule has 0 unspecified atom stereocenters. The number of sulfonamides is 1. The molecule has 0 bridgehead atoms. The van der Waals surface area contributed by atoms with E-state index in [1.165, 1.54) is 16.8 Å². The SMILES string of the molecule is O=C(Nc1cccc(S(=O)(=O)N2CCCCC2)c1)c1ccc(-c2cnco2)cc1. The van der Waals surface area contributed by atoms with Gasteiger partial charge in [-0.1, -0.05) is 24.6 Å². The number of benzene rings is 2. The molecule has 2 heterocycles. The van der Waals surface area contributed by atoms with E-state index in [1.54, 1.807) is 48.7 Å². The summed E-state index contributed by atoms with van der Waals surface area (Å²) in [5.74, 6) is 0.300. The van der Waals surface area contributed by atoms with Gasteiger partial charge in [-0.05, 0) is 43.2 Å². The van der Waals surface area contributed by atoms with Crippen LogP contribution >= 0.6 is 0 Å². The molecule has 3 aromatic rings. The van der Waals surface area contributed by atoms with E-state index in [2.05, 4.69) is 10.3 Å². The smallest absolute Gasteiger partial charge is 0.255 e. The van der Waals surface area contributed by atoms with Gasteiger partial charge in [0.05, 0.1) is 11.1 Å². The Morgan fingerprint density at radius 2 is 1.79 bits per heavy atom. The average Bonchev–Trinajstić information content (AvgIpc) is 3.30. The molecule has 7 nitrogen and oxygen atoms in total. The summed E-state index contributed by atoms with van der Waals surface area (Å²) in [6, 6.07) is 13.3. The van der Waals surface area contributed by atoms with Crippen LogP contribution in [0.2, 0.25) is 0 Å². The zero-order chi connectivity index (χ0) is 20.3. The highest BCUT2D eigenvalue weighted by molar-refractivity contribution is 7.89. The van der Waals surface area contributed by atoms with Crippen molar-refractivity contribution in [3.63, 3.8) is 0 Å². The molecule has 0 atom stereocenters. The molecule has 1 saturated heterocycles.